The largest absolute Gasteiger partial charge is 0.506 e. The van der Waals surface area contributed by atoms with Crippen molar-refractivity contribution >= 4 is 39.1 Å². The van der Waals surface area contributed by atoms with Crippen molar-refractivity contribution in [2.75, 3.05) is 20.7 Å². The number of phenolic OH excluding ortho intramolecular Hbond substituents is 1. The smallest absolute Gasteiger partial charge is 0.340 e. The van der Waals surface area contributed by atoms with Crippen LogP contribution in [0.4, 0.5) is 0 Å². The Morgan fingerprint density at radius 1 is 1.16 bits per heavy atom. The third-order valence-electron chi connectivity index (χ3n) is 5.36. The van der Waals surface area contributed by atoms with Gasteiger partial charge in [-0.2, -0.15) is 0 Å². The molecule has 7 nitrogen and oxygen atoms in total. The molecule has 0 unspecified atom stereocenters. The molecule has 3 rings (SSSR count). The minimum Gasteiger partial charge on any atom is -0.506 e. The van der Waals surface area contributed by atoms with Gasteiger partial charge in [0.1, 0.15) is 10.6 Å². The van der Waals surface area contributed by atoms with Crippen LogP contribution in [0.15, 0.2) is 40.1 Å². The Morgan fingerprint density at radius 3 is 2.28 bits per heavy atom. The molecule has 0 aliphatic carbocycles. The minimum atomic E-state index is -4.14. The van der Waals surface area contributed by atoms with Gasteiger partial charge in [0.15, 0.2) is 0 Å². The lowest BCUT2D eigenvalue weighted by Gasteiger charge is -2.17. The number of aromatic nitrogens is 1. The number of aromatic hydroxyl groups is 1. The zero-order valence-electron chi connectivity index (χ0n) is 19.1. The molecule has 0 aliphatic heterocycles. The number of sulfone groups is 1. The van der Waals surface area contributed by atoms with Gasteiger partial charge in [0.05, 0.1) is 22.6 Å². The third-order valence-corrected chi connectivity index (χ3v) is 7.18. The van der Waals surface area contributed by atoms with Gasteiger partial charge >= 0.3 is 5.97 Å². The zero-order valence-corrected chi connectivity index (χ0v) is 20.7. The van der Waals surface area contributed by atoms with Crippen LogP contribution in [0.2, 0.25) is 0 Å². The number of ether oxygens (including phenoxy) is 1. The summed E-state index contributed by atoms with van der Waals surface area (Å²) in [5.74, 6) is -0.969. The number of nitrogens with zero attached hydrogens (tertiary/aromatic N) is 2. The van der Waals surface area contributed by atoms with Gasteiger partial charge in [-0.1, -0.05) is 17.7 Å². The molecule has 0 spiro atoms. The Balaban J connectivity index is 0.00000363. The van der Waals surface area contributed by atoms with Gasteiger partial charge < -0.3 is 19.3 Å². The highest BCUT2D eigenvalue weighted by atomic mass is 35.5. The average Bonchev–Trinajstić information content (AvgIpc) is 2.92. The Hall–Kier alpha value is -2.55. The maximum Gasteiger partial charge on any atom is 0.340 e. The van der Waals surface area contributed by atoms with Crippen LogP contribution in [0, 0.1) is 13.8 Å². The quantitative estimate of drug-likeness (QED) is 0.536. The second-order valence-electron chi connectivity index (χ2n) is 7.90. The molecule has 2 aromatic carbocycles. The highest BCUT2D eigenvalue weighted by molar-refractivity contribution is 7.91. The number of rotatable bonds is 6. The fourth-order valence-corrected chi connectivity index (χ4v) is 5.32. The van der Waals surface area contributed by atoms with E-state index in [-0.39, 0.29) is 45.5 Å². The van der Waals surface area contributed by atoms with Crippen LogP contribution in [0.25, 0.3) is 10.9 Å². The van der Waals surface area contributed by atoms with Crippen molar-refractivity contribution in [3.63, 3.8) is 0 Å². The SMILES string of the molecule is CCOC(=O)c1c(C)n(C)c2cc(CN(C)C)c(O)c(S(=O)(=O)c3ccc(C)cc3)c12.Cl. The molecule has 9 heteroatoms. The predicted molar refractivity (Wildman–Crippen MR) is 127 cm³/mol. The average molecular weight is 481 g/mol. The second-order valence-corrected chi connectivity index (χ2v) is 9.79. The number of benzene rings is 2. The molecule has 0 saturated heterocycles. The van der Waals surface area contributed by atoms with Crippen LogP contribution in [-0.4, -0.2) is 49.7 Å². The van der Waals surface area contributed by atoms with Crippen LogP contribution in [0.1, 0.15) is 34.1 Å². The van der Waals surface area contributed by atoms with Gasteiger partial charge in [-0.15, -0.1) is 12.4 Å². The van der Waals surface area contributed by atoms with E-state index in [0.717, 1.165) is 5.56 Å². The lowest BCUT2D eigenvalue weighted by Crippen LogP contribution is -2.13. The zero-order chi connectivity index (χ0) is 23.1. The summed E-state index contributed by atoms with van der Waals surface area (Å²) in [6.45, 7) is 5.77. The van der Waals surface area contributed by atoms with Gasteiger partial charge in [0.2, 0.25) is 9.84 Å². The van der Waals surface area contributed by atoms with E-state index in [1.165, 1.54) is 12.1 Å². The summed E-state index contributed by atoms with van der Waals surface area (Å²) in [7, 11) is 1.29. The standard InChI is InChI=1S/C23H28N2O5S.ClH/c1-7-30-23(27)19-15(3)25(6)18-12-16(13-24(4)5)21(26)22(20(18)19)31(28,29)17-10-8-14(2)9-11-17;/h8-12,26H,7,13H2,1-6H3;1H. The second kappa shape index (κ2) is 9.52. The highest BCUT2D eigenvalue weighted by Gasteiger charge is 2.33. The number of carbonyl (C=O) groups excluding carboxylic acids is 1. The molecule has 1 aromatic heterocycles. The van der Waals surface area contributed by atoms with Crippen LogP contribution in [0.3, 0.4) is 0 Å². The summed E-state index contributed by atoms with van der Waals surface area (Å²) in [6, 6.07) is 8.15. The fraction of sp³-hybridized carbons (Fsp3) is 0.348. The van der Waals surface area contributed by atoms with Crippen molar-refractivity contribution in [3.05, 3.63) is 52.7 Å². The van der Waals surface area contributed by atoms with E-state index < -0.39 is 15.8 Å². The molecule has 0 bridgehead atoms. The number of esters is 1. The molecular weight excluding hydrogens is 452 g/mol. The van der Waals surface area contributed by atoms with Gasteiger partial charge in [0.25, 0.3) is 0 Å². The van der Waals surface area contributed by atoms with E-state index in [9.17, 15) is 18.3 Å². The number of fused-ring (bicyclic) bond motifs is 1. The molecular formula is C23H29ClN2O5S. The van der Waals surface area contributed by atoms with Gasteiger partial charge in [0, 0.05) is 30.2 Å². The number of halogens is 1. The molecule has 0 amide bonds. The first-order valence-electron chi connectivity index (χ1n) is 9.98. The number of carbonyl (C=O) groups is 1. The molecule has 1 N–H and O–H groups in total. The van der Waals surface area contributed by atoms with E-state index in [1.807, 2.05) is 25.9 Å². The van der Waals surface area contributed by atoms with Gasteiger partial charge in [-0.3, -0.25) is 0 Å². The van der Waals surface area contributed by atoms with Crippen molar-refractivity contribution in [2.45, 2.75) is 37.1 Å². The summed E-state index contributed by atoms with van der Waals surface area (Å²) >= 11 is 0. The van der Waals surface area contributed by atoms with Crippen molar-refractivity contribution in [1.29, 1.82) is 0 Å². The molecule has 0 fully saturated rings. The van der Waals surface area contributed by atoms with Crippen molar-refractivity contribution in [3.8, 4) is 5.75 Å². The number of phenols is 1. The van der Waals surface area contributed by atoms with E-state index in [2.05, 4.69) is 0 Å². The summed E-state index contributed by atoms with van der Waals surface area (Å²) in [4.78, 5) is 14.4. The van der Waals surface area contributed by atoms with Gasteiger partial charge in [-0.05, 0) is 53.1 Å². The molecule has 0 radical (unpaired) electrons. The van der Waals surface area contributed by atoms with Crippen molar-refractivity contribution in [1.82, 2.24) is 9.47 Å². The Bertz CT molecular complexity index is 1260. The first-order chi connectivity index (χ1) is 14.5. The maximum atomic E-state index is 13.7. The van der Waals surface area contributed by atoms with Crippen molar-refractivity contribution in [2.24, 2.45) is 7.05 Å². The molecule has 0 aliphatic rings. The molecule has 0 saturated carbocycles. The first-order valence-corrected chi connectivity index (χ1v) is 11.5. The number of hydrogen-bond acceptors (Lipinski definition) is 6. The lowest BCUT2D eigenvalue weighted by molar-refractivity contribution is 0.0527. The van der Waals surface area contributed by atoms with E-state index >= 15 is 0 Å². The van der Waals surface area contributed by atoms with E-state index in [0.29, 0.717) is 23.3 Å². The Kier molecular flexibility index (Phi) is 7.65. The molecule has 32 heavy (non-hydrogen) atoms. The number of hydrogen-bond donors (Lipinski definition) is 1. The van der Waals surface area contributed by atoms with Crippen LogP contribution >= 0.6 is 12.4 Å². The molecule has 1 heterocycles. The van der Waals surface area contributed by atoms with Gasteiger partial charge in [-0.25, -0.2) is 13.2 Å². The summed E-state index contributed by atoms with van der Waals surface area (Å²) in [5, 5.41) is 11.3. The van der Waals surface area contributed by atoms with Crippen molar-refractivity contribution < 1.29 is 23.1 Å². The van der Waals surface area contributed by atoms with E-state index in [1.54, 1.807) is 43.7 Å². The maximum absolute atomic E-state index is 13.7. The predicted octanol–water partition coefficient (Wildman–Crippen LogP) is 3.99. The van der Waals surface area contributed by atoms with Crippen LogP contribution in [0.5, 0.6) is 5.75 Å². The first kappa shape index (κ1) is 25.7. The van der Waals surface area contributed by atoms with E-state index in [4.69, 9.17) is 4.74 Å². The fourth-order valence-electron chi connectivity index (χ4n) is 3.73. The monoisotopic (exact) mass is 480 g/mol. The molecule has 0 atom stereocenters. The summed E-state index contributed by atoms with van der Waals surface area (Å²) in [5.41, 5.74) is 2.63. The highest BCUT2D eigenvalue weighted by Crippen LogP contribution is 2.42. The topological polar surface area (TPSA) is 88.8 Å². The minimum absolute atomic E-state index is 0. The molecule has 174 valence electrons. The van der Waals surface area contributed by atoms with Crippen LogP contribution < -0.4 is 0 Å². The third kappa shape index (κ3) is 4.35. The van der Waals surface area contributed by atoms with Crippen LogP contribution in [-0.2, 0) is 28.2 Å². The molecule has 3 aromatic rings. The summed E-state index contributed by atoms with van der Waals surface area (Å²) < 4.78 is 34.4. The lowest BCUT2D eigenvalue weighted by atomic mass is 10.1. The Morgan fingerprint density at radius 2 is 1.75 bits per heavy atom. The normalized spacial score (nSPS) is 11.6. The summed E-state index contributed by atoms with van der Waals surface area (Å²) in [6.07, 6.45) is 0. The number of aryl methyl sites for hydroxylation is 2. The Labute approximate surface area is 194 Å².